The molecule has 0 aromatic heterocycles. The fraction of sp³-hybridized carbons (Fsp3) is 0.364. The van der Waals surface area contributed by atoms with Gasteiger partial charge in [-0.05, 0) is 38.2 Å². The molecule has 15 heavy (non-hydrogen) atoms. The third kappa shape index (κ3) is 4.16. The van der Waals surface area contributed by atoms with Gasteiger partial charge in [0.25, 0.3) is 0 Å². The van der Waals surface area contributed by atoms with Crippen molar-refractivity contribution in [2.24, 2.45) is 0 Å². The Balaban J connectivity index is 2.49. The third-order valence-electron chi connectivity index (χ3n) is 1.83. The molecule has 0 amide bonds. The predicted molar refractivity (Wildman–Crippen MR) is 68.9 cm³/mol. The van der Waals surface area contributed by atoms with Crippen LogP contribution in [-0.2, 0) is 0 Å². The van der Waals surface area contributed by atoms with Crippen LogP contribution in [-0.4, -0.2) is 18.2 Å². The number of benzene rings is 1. The van der Waals surface area contributed by atoms with E-state index in [9.17, 15) is 0 Å². The largest absolute Gasteiger partial charge is 0.359 e. The second-order valence-corrected chi connectivity index (χ2v) is 4.04. The number of hydrazine groups is 1. The lowest BCUT2D eigenvalue weighted by molar-refractivity contribution is 0.709. The van der Waals surface area contributed by atoms with Gasteiger partial charge in [0.1, 0.15) is 0 Å². The number of para-hydroxylation sites is 1. The maximum absolute atomic E-state index is 5.14. The van der Waals surface area contributed by atoms with Crippen LogP contribution >= 0.6 is 12.2 Å². The van der Waals surface area contributed by atoms with Crippen molar-refractivity contribution < 1.29 is 0 Å². The summed E-state index contributed by atoms with van der Waals surface area (Å²) in [4.78, 5) is 0. The Kier molecular flexibility index (Phi) is 4.37. The Labute approximate surface area is 96.4 Å². The zero-order chi connectivity index (χ0) is 11.3. The van der Waals surface area contributed by atoms with Crippen molar-refractivity contribution in [2.75, 3.05) is 12.1 Å². The SMILES string of the molecule is CC(C)NC(=S)NN(C)c1ccccc1. The summed E-state index contributed by atoms with van der Waals surface area (Å²) in [6, 6.07) is 10.4. The number of nitrogens with one attached hydrogen (secondary N) is 2. The molecule has 0 aliphatic carbocycles. The van der Waals surface area contributed by atoms with Crippen LogP contribution in [0, 0.1) is 0 Å². The first kappa shape index (κ1) is 11.8. The summed E-state index contributed by atoms with van der Waals surface area (Å²) in [5.74, 6) is 0. The number of rotatable bonds is 3. The molecule has 82 valence electrons. The van der Waals surface area contributed by atoms with Crippen molar-refractivity contribution in [2.45, 2.75) is 19.9 Å². The second-order valence-electron chi connectivity index (χ2n) is 3.63. The Morgan fingerprint density at radius 3 is 2.40 bits per heavy atom. The maximum Gasteiger partial charge on any atom is 0.185 e. The molecule has 1 rings (SSSR count). The van der Waals surface area contributed by atoms with Crippen LogP contribution in [0.2, 0.25) is 0 Å². The van der Waals surface area contributed by atoms with E-state index in [1.54, 1.807) is 0 Å². The number of hydrogen-bond donors (Lipinski definition) is 2. The lowest BCUT2D eigenvalue weighted by Gasteiger charge is -2.23. The van der Waals surface area contributed by atoms with Crippen molar-refractivity contribution in [1.82, 2.24) is 10.7 Å². The van der Waals surface area contributed by atoms with Gasteiger partial charge in [-0.3, -0.25) is 10.4 Å². The highest BCUT2D eigenvalue weighted by Gasteiger charge is 2.02. The molecule has 0 fully saturated rings. The standard InChI is InChI=1S/C11H17N3S/c1-9(2)12-11(15)13-14(3)10-7-5-4-6-8-10/h4-9H,1-3H3,(H2,12,13,15). The summed E-state index contributed by atoms with van der Waals surface area (Å²) in [5.41, 5.74) is 4.16. The molecular formula is C11H17N3S. The van der Waals surface area contributed by atoms with E-state index in [4.69, 9.17) is 12.2 Å². The van der Waals surface area contributed by atoms with Gasteiger partial charge >= 0.3 is 0 Å². The van der Waals surface area contributed by atoms with Crippen LogP contribution in [0.3, 0.4) is 0 Å². The molecule has 1 aromatic carbocycles. The zero-order valence-electron chi connectivity index (χ0n) is 9.32. The van der Waals surface area contributed by atoms with E-state index >= 15 is 0 Å². The lowest BCUT2D eigenvalue weighted by atomic mass is 10.3. The van der Waals surface area contributed by atoms with Crippen LogP contribution < -0.4 is 15.8 Å². The molecule has 1 aromatic rings. The van der Waals surface area contributed by atoms with E-state index in [1.165, 1.54) is 0 Å². The van der Waals surface area contributed by atoms with Gasteiger partial charge < -0.3 is 5.32 Å². The van der Waals surface area contributed by atoms with Gasteiger partial charge in [-0.25, -0.2) is 0 Å². The molecule has 0 heterocycles. The fourth-order valence-corrected chi connectivity index (χ4v) is 1.54. The van der Waals surface area contributed by atoms with Crippen LogP contribution in [0.15, 0.2) is 30.3 Å². The van der Waals surface area contributed by atoms with E-state index in [-0.39, 0.29) is 0 Å². The first-order valence-electron chi connectivity index (χ1n) is 4.95. The molecule has 0 unspecified atom stereocenters. The molecule has 0 saturated carbocycles. The monoisotopic (exact) mass is 223 g/mol. The van der Waals surface area contributed by atoms with Gasteiger partial charge in [0.15, 0.2) is 5.11 Å². The van der Waals surface area contributed by atoms with Crippen molar-refractivity contribution in [3.05, 3.63) is 30.3 Å². The second kappa shape index (κ2) is 5.56. The average molecular weight is 223 g/mol. The highest BCUT2D eigenvalue weighted by molar-refractivity contribution is 7.80. The van der Waals surface area contributed by atoms with Crippen molar-refractivity contribution in [1.29, 1.82) is 0 Å². The Morgan fingerprint density at radius 2 is 1.87 bits per heavy atom. The summed E-state index contributed by atoms with van der Waals surface area (Å²) in [7, 11) is 1.93. The van der Waals surface area contributed by atoms with E-state index in [2.05, 4.69) is 24.6 Å². The Bertz CT molecular complexity index is 311. The number of anilines is 1. The smallest absolute Gasteiger partial charge is 0.185 e. The first-order chi connectivity index (χ1) is 7.09. The fourth-order valence-electron chi connectivity index (χ4n) is 1.16. The quantitative estimate of drug-likeness (QED) is 0.604. The van der Waals surface area contributed by atoms with Crippen LogP contribution in [0.4, 0.5) is 5.69 Å². The van der Waals surface area contributed by atoms with Crippen molar-refractivity contribution >= 4 is 23.0 Å². The van der Waals surface area contributed by atoms with Gasteiger partial charge in [-0.2, -0.15) is 0 Å². The molecular weight excluding hydrogens is 206 g/mol. The maximum atomic E-state index is 5.14. The summed E-state index contributed by atoms with van der Waals surface area (Å²) >= 11 is 5.14. The average Bonchev–Trinajstić information content (AvgIpc) is 2.17. The molecule has 0 atom stereocenters. The van der Waals surface area contributed by atoms with E-state index in [0.717, 1.165) is 5.69 Å². The molecule has 0 aliphatic rings. The third-order valence-corrected chi connectivity index (χ3v) is 2.04. The normalized spacial score (nSPS) is 9.87. The zero-order valence-corrected chi connectivity index (χ0v) is 10.1. The van der Waals surface area contributed by atoms with Gasteiger partial charge in [0, 0.05) is 13.1 Å². The van der Waals surface area contributed by atoms with Crippen LogP contribution in [0.1, 0.15) is 13.8 Å². The highest BCUT2D eigenvalue weighted by Crippen LogP contribution is 2.07. The molecule has 0 aliphatic heterocycles. The predicted octanol–water partition coefficient (Wildman–Crippen LogP) is 1.91. The summed E-state index contributed by atoms with van der Waals surface area (Å²) in [5, 5.41) is 5.64. The molecule has 2 N–H and O–H groups in total. The minimum atomic E-state index is 0.342. The molecule has 0 radical (unpaired) electrons. The summed E-state index contributed by atoms with van der Waals surface area (Å²) < 4.78 is 0. The summed E-state index contributed by atoms with van der Waals surface area (Å²) in [6.07, 6.45) is 0. The molecule has 0 spiro atoms. The summed E-state index contributed by atoms with van der Waals surface area (Å²) in [6.45, 7) is 4.10. The number of hydrogen-bond acceptors (Lipinski definition) is 2. The van der Waals surface area contributed by atoms with Crippen LogP contribution in [0.5, 0.6) is 0 Å². The molecule has 3 nitrogen and oxygen atoms in total. The van der Waals surface area contributed by atoms with Crippen LogP contribution in [0.25, 0.3) is 0 Å². The molecule has 0 bridgehead atoms. The van der Waals surface area contributed by atoms with Gasteiger partial charge in [-0.1, -0.05) is 18.2 Å². The molecule has 0 saturated heterocycles. The van der Waals surface area contributed by atoms with Gasteiger partial charge in [0.2, 0.25) is 0 Å². The highest BCUT2D eigenvalue weighted by atomic mass is 32.1. The Morgan fingerprint density at radius 1 is 1.27 bits per heavy atom. The van der Waals surface area contributed by atoms with E-state index < -0.39 is 0 Å². The number of nitrogens with zero attached hydrogens (tertiary/aromatic N) is 1. The van der Waals surface area contributed by atoms with E-state index in [1.807, 2.05) is 42.4 Å². The van der Waals surface area contributed by atoms with Crippen molar-refractivity contribution in [3.8, 4) is 0 Å². The van der Waals surface area contributed by atoms with Gasteiger partial charge in [-0.15, -0.1) is 0 Å². The molecule has 4 heteroatoms. The number of thiocarbonyl (C=S) groups is 1. The Hall–Kier alpha value is -1.29. The topological polar surface area (TPSA) is 27.3 Å². The van der Waals surface area contributed by atoms with Gasteiger partial charge in [0.05, 0.1) is 5.69 Å². The van der Waals surface area contributed by atoms with Crippen molar-refractivity contribution in [3.63, 3.8) is 0 Å². The van der Waals surface area contributed by atoms with E-state index in [0.29, 0.717) is 11.2 Å². The minimum absolute atomic E-state index is 0.342. The lowest BCUT2D eigenvalue weighted by Crippen LogP contribution is -2.47. The minimum Gasteiger partial charge on any atom is -0.359 e. The first-order valence-corrected chi connectivity index (χ1v) is 5.36.